The van der Waals surface area contributed by atoms with Crippen LogP contribution in [0.25, 0.3) is 0 Å². The van der Waals surface area contributed by atoms with Crippen LogP contribution in [0.3, 0.4) is 0 Å². The van der Waals surface area contributed by atoms with Crippen molar-refractivity contribution in [2.24, 2.45) is 0 Å². The Morgan fingerprint density at radius 3 is 2.53 bits per heavy atom. The fraction of sp³-hybridized carbons (Fsp3) is 0.409. The van der Waals surface area contributed by atoms with Gasteiger partial charge in [-0.25, -0.2) is 9.59 Å². The molecule has 7 nitrogen and oxygen atoms in total. The quantitative estimate of drug-likeness (QED) is 0.700. The monoisotopic (exact) mass is 430 g/mol. The summed E-state index contributed by atoms with van der Waals surface area (Å²) in [5.74, 6) is -0.776. The molecule has 3 rings (SSSR count). The van der Waals surface area contributed by atoms with Crippen molar-refractivity contribution in [3.63, 3.8) is 0 Å². The Balaban J connectivity index is 1.51. The fourth-order valence-corrected chi connectivity index (χ4v) is 4.12. The first kappa shape index (κ1) is 21.8. The van der Waals surface area contributed by atoms with Crippen LogP contribution in [0.5, 0.6) is 0 Å². The van der Waals surface area contributed by atoms with Gasteiger partial charge in [-0.1, -0.05) is 6.07 Å². The Labute approximate surface area is 180 Å². The minimum absolute atomic E-state index is 0.0643. The highest BCUT2D eigenvalue weighted by Crippen LogP contribution is 2.34. The molecule has 8 heteroatoms. The van der Waals surface area contributed by atoms with Crippen molar-refractivity contribution in [2.75, 3.05) is 18.5 Å². The third-order valence-corrected chi connectivity index (χ3v) is 5.51. The van der Waals surface area contributed by atoms with E-state index in [-0.39, 0.29) is 18.6 Å². The second kappa shape index (κ2) is 9.30. The maximum atomic E-state index is 12.6. The van der Waals surface area contributed by atoms with Gasteiger partial charge < -0.3 is 14.4 Å². The van der Waals surface area contributed by atoms with E-state index in [1.54, 1.807) is 49.1 Å². The SMILES string of the molecule is CC(C)(C)OC(=O)Nc1ccc(C(=O)OCC(=O)N2CCCC2c2cccs2)cc1. The first-order valence-electron chi connectivity index (χ1n) is 9.83. The van der Waals surface area contributed by atoms with Crippen LogP contribution in [0, 0.1) is 0 Å². The molecule has 1 aromatic carbocycles. The van der Waals surface area contributed by atoms with Crippen molar-refractivity contribution in [2.45, 2.75) is 45.3 Å². The fourth-order valence-electron chi connectivity index (χ4n) is 3.25. The second-order valence-corrected chi connectivity index (χ2v) is 9.02. The number of thiophene rings is 1. The summed E-state index contributed by atoms with van der Waals surface area (Å²) in [5.41, 5.74) is 0.194. The molecule has 2 amide bonds. The van der Waals surface area contributed by atoms with E-state index in [1.165, 1.54) is 12.1 Å². The van der Waals surface area contributed by atoms with Gasteiger partial charge in [-0.15, -0.1) is 11.3 Å². The molecule has 1 aliphatic rings. The van der Waals surface area contributed by atoms with Crippen molar-refractivity contribution >= 4 is 35.0 Å². The second-order valence-electron chi connectivity index (χ2n) is 8.04. The van der Waals surface area contributed by atoms with Crippen molar-refractivity contribution in [3.8, 4) is 0 Å². The van der Waals surface area contributed by atoms with Gasteiger partial charge in [0.15, 0.2) is 6.61 Å². The van der Waals surface area contributed by atoms with Gasteiger partial charge in [-0.05, 0) is 69.3 Å². The molecule has 1 unspecified atom stereocenters. The number of hydrogen-bond acceptors (Lipinski definition) is 6. The zero-order valence-corrected chi connectivity index (χ0v) is 18.2. The van der Waals surface area contributed by atoms with Crippen LogP contribution in [0.15, 0.2) is 41.8 Å². The van der Waals surface area contributed by atoms with E-state index < -0.39 is 17.7 Å². The normalized spacial score (nSPS) is 16.2. The summed E-state index contributed by atoms with van der Waals surface area (Å²) in [6.45, 7) is 5.70. The lowest BCUT2D eigenvalue weighted by molar-refractivity contribution is -0.135. The molecule has 2 aromatic rings. The Kier molecular flexibility index (Phi) is 6.77. The third kappa shape index (κ3) is 5.82. The number of anilines is 1. The van der Waals surface area contributed by atoms with E-state index in [9.17, 15) is 14.4 Å². The Bertz CT molecular complexity index is 887. The standard InChI is InChI=1S/C22H26N2O5S/c1-22(2,3)29-21(27)23-16-10-8-15(9-11-16)20(26)28-14-19(25)24-12-4-6-17(24)18-7-5-13-30-18/h5,7-11,13,17H,4,6,12,14H2,1-3H3,(H,23,27). The van der Waals surface area contributed by atoms with E-state index in [1.807, 2.05) is 17.5 Å². The average molecular weight is 431 g/mol. The number of esters is 1. The lowest BCUT2D eigenvalue weighted by atomic mass is 10.2. The highest BCUT2D eigenvalue weighted by atomic mass is 32.1. The van der Waals surface area contributed by atoms with Crippen LogP contribution < -0.4 is 5.32 Å². The smallest absolute Gasteiger partial charge is 0.412 e. The molecule has 1 N–H and O–H groups in total. The van der Waals surface area contributed by atoms with E-state index >= 15 is 0 Å². The summed E-state index contributed by atoms with van der Waals surface area (Å²) >= 11 is 1.63. The van der Waals surface area contributed by atoms with Crippen LogP contribution in [0.4, 0.5) is 10.5 Å². The summed E-state index contributed by atoms with van der Waals surface area (Å²) < 4.78 is 10.4. The number of nitrogens with one attached hydrogen (secondary N) is 1. The molecular formula is C22H26N2O5S. The molecule has 1 aliphatic heterocycles. The van der Waals surface area contributed by atoms with Gasteiger partial charge in [-0.2, -0.15) is 0 Å². The molecule has 0 saturated carbocycles. The largest absolute Gasteiger partial charge is 0.452 e. The van der Waals surface area contributed by atoms with Crippen LogP contribution in [-0.2, 0) is 14.3 Å². The third-order valence-electron chi connectivity index (χ3n) is 4.54. The molecule has 2 heterocycles. The predicted octanol–water partition coefficient (Wildman–Crippen LogP) is 4.62. The summed E-state index contributed by atoms with van der Waals surface area (Å²) in [7, 11) is 0. The topological polar surface area (TPSA) is 84.9 Å². The van der Waals surface area contributed by atoms with Crippen molar-refractivity contribution in [1.82, 2.24) is 4.90 Å². The number of hydrogen-bond donors (Lipinski definition) is 1. The molecule has 1 saturated heterocycles. The van der Waals surface area contributed by atoms with Gasteiger partial charge in [0.1, 0.15) is 5.60 Å². The molecule has 1 atom stereocenters. The van der Waals surface area contributed by atoms with Crippen LogP contribution >= 0.6 is 11.3 Å². The van der Waals surface area contributed by atoms with Gasteiger partial charge in [0, 0.05) is 17.1 Å². The number of ether oxygens (including phenoxy) is 2. The minimum Gasteiger partial charge on any atom is -0.452 e. The van der Waals surface area contributed by atoms with Gasteiger partial charge in [-0.3, -0.25) is 10.1 Å². The summed E-state index contributed by atoms with van der Waals surface area (Å²) in [4.78, 5) is 39.6. The van der Waals surface area contributed by atoms with Gasteiger partial charge in [0.05, 0.1) is 11.6 Å². The first-order valence-corrected chi connectivity index (χ1v) is 10.7. The minimum atomic E-state index is -0.599. The van der Waals surface area contributed by atoms with Crippen LogP contribution in [0.1, 0.15) is 54.9 Å². The van der Waals surface area contributed by atoms with Crippen LogP contribution in [-0.4, -0.2) is 41.6 Å². The Hall–Kier alpha value is -2.87. The van der Waals surface area contributed by atoms with E-state index in [0.717, 1.165) is 17.7 Å². The Morgan fingerprint density at radius 1 is 1.17 bits per heavy atom. The highest BCUT2D eigenvalue weighted by molar-refractivity contribution is 7.10. The number of carbonyl (C=O) groups excluding carboxylic acids is 3. The lowest BCUT2D eigenvalue weighted by Gasteiger charge is -2.23. The molecule has 1 fully saturated rings. The van der Waals surface area contributed by atoms with Crippen molar-refractivity contribution in [1.29, 1.82) is 0 Å². The number of carbonyl (C=O) groups is 3. The molecule has 0 spiro atoms. The maximum absolute atomic E-state index is 12.6. The first-order chi connectivity index (χ1) is 14.2. The van der Waals surface area contributed by atoms with Gasteiger partial charge >= 0.3 is 12.1 Å². The van der Waals surface area contributed by atoms with E-state index in [0.29, 0.717) is 17.8 Å². The molecule has 160 valence electrons. The summed E-state index contributed by atoms with van der Waals surface area (Å²) in [5, 5.41) is 4.59. The molecular weight excluding hydrogens is 404 g/mol. The number of rotatable bonds is 5. The molecule has 1 aromatic heterocycles. The maximum Gasteiger partial charge on any atom is 0.412 e. The zero-order valence-electron chi connectivity index (χ0n) is 17.3. The average Bonchev–Trinajstić information content (AvgIpc) is 3.36. The number of likely N-dealkylation sites (tertiary alicyclic amines) is 1. The van der Waals surface area contributed by atoms with Crippen LogP contribution in [0.2, 0.25) is 0 Å². The molecule has 0 radical (unpaired) electrons. The van der Waals surface area contributed by atoms with Gasteiger partial charge in [0.25, 0.3) is 5.91 Å². The summed E-state index contributed by atoms with van der Waals surface area (Å²) in [6, 6.07) is 10.3. The number of nitrogens with zero attached hydrogens (tertiary/aromatic N) is 1. The number of amides is 2. The molecule has 30 heavy (non-hydrogen) atoms. The molecule has 0 aliphatic carbocycles. The molecule has 0 bridgehead atoms. The van der Waals surface area contributed by atoms with E-state index in [2.05, 4.69) is 5.32 Å². The van der Waals surface area contributed by atoms with Crippen molar-refractivity contribution < 1.29 is 23.9 Å². The predicted molar refractivity (Wildman–Crippen MR) is 115 cm³/mol. The van der Waals surface area contributed by atoms with E-state index in [4.69, 9.17) is 9.47 Å². The highest BCUT2D eigenvalue weighted by Gasteiger charge is 2.31. The van der Waals surface area contributed by atoms with Gasteiger partial charge in [0.2, 0.25) is 0 Å². The van der Waals surface area contributed by atoms with Crippen molar-refractivity contribution in [3.05, 3.63) is 52.2 Å². The number of benzene rings is 1. The summed E-state index contributed by atoms with van der Waals surface area (Å²) in [6.07, 6.45) is 1.29. The zero-order chi connectivity index (χ0) is 21.7. The Morgan fingerprint density at radius 2 is 1.90 bits per heavy atom. The lowest BCUT2D eigenvalue weighted by Crippen LogP contribution is -2.34.